The zero-order chi connectivity index (χ0) is 51.1. The molecular formula is C46H78N10O11. The molecule has 1 aliphatic heterocycles. The monoisotopic (exact) mass is 947 g/mol. The molecule has 7 atom stereocenters. The number of rotatable bonds is 23. The van der Waals surface area contributed by atoms with Crippen molar-refractivity contribution in [1.82, 2.24) is 51.7 Å². The quantitative estimate of drug-likeness (QED) is 0.0764. The zero-order valence-corrected chi connectivity index (χ0v) is 42.2. The molecule has 7 N–H and O–H groups in total. The van der Waals surface area contributed by atoms with Crippen LogP contribution in [0.3, 0.4) is 0 Å². The number of alkyl carbamates (subject to hydrolysis) is 1. The van der Waals surface area contributed by atoms with Gasteiger partial charge in [-0.3, -0.25) is 33.6 Å². The van der Waals surface area contributed by atoms with Crippen molar-refractivity contribution >= 4 is 53.4 Å². The minimum absolute atomic E-state index is 0.00969. The number of imidazole rings is 1. The molecule has 0 bridgehead atoms. The third kappa shape index (κ3) is 18.1. The number of hydrogen-bond acceptors (Lipinski definition) is 12. The Hall–Kier alpha value is -5.76. The molecule has 1 saturated heterocycles. The highest BCUT2D eigenvalue weighted by Crippen LogP contribution is 2.21. The van der Waals surface area contributed by atoms with Gasteiger partial charge in [0.1, 0.15) is 47.9 Å². The van der Waals surface area contributed by atoms with E-state index in [2.05, 4.69) is 42.2 Å². The fourth-order valence-electron chi connectivity index (χ4n) is 7.37. The second-order valence-corrected chi connectivity index (χ2v) is 20.0. The first-order valence-corrected chi connectivity index (χ1v) is 23.2. The molecule has 0 spiro atoms. The molecule has 67 heavy (non-hydrogen) atoms. The summed E-state index contributed by atoms with van der Waals surface area (Å²) in [6.45, 7) is 22.3. The van der Waals surface area contributed by atoms with E-state index in [1.54, 1.807) is 100 Å². The van der Waals surface area contributed by atoms with Crippen LogP contribution in [0.4, 0.5) is 4.79 Å². The van der Waals surface area contributed by atoms with Gasteiger partial charge >= 0.3 is 12.1 Å². The first-order valence-electron chi connectivity index (χ1n) is 23.2. The van der Waals surface area contributed by atoms with Crippen molar-refractivity contribution in [2.24, 2.45) is 36.6 Å². The average Bonchev–Trinajstić information content (AvgIpc) is 3.88. The van der Waals surface area contributed by atoms with Gasteiger partial charge < -0.3 is 56.2 Å². The van der Waals surface area contributed by atoms with Crippen LogP contribution in [-0.2, 0) is 61.3 Å². The molecule has 1 aromatic heterocycles. The van der Waals surface area contributed by atoms with Gasteiger partial charge in [-0.2, -0.15) is 0 Å². The van der Waals surface area contributed by atoms with Crippen molar-refractivity contribution in [1.29, 1.82) is 0 Å². The van der Waals surface area contributed by atoms with E-state index in [0.29, 0.717) is 12.1 Å². The lowest BCUT2D eigenvalue weighted by Crippen LogP contribution is -2.60. The highest BCUT2D eigenvalue weighted by Gasteiger charge is 2.41. The number of nitrogens with zero attached hydrogens (tertiary/aromatic N) is 3. The summed E-state index contributed by atoms with van der Waals surface area (Å²) in [5, 5.41) is 18.8. The molecule has 378 valence electrons. The van der Waals surface area contributed by atoms with Crippen LogP contribution in [0.5, 0.6) is 0 Å². The lowest BCUT2D eigenvalue weighted by atomic mass is 9.98. The van der Waals surface area contributed by atoms with Gasteiger partial charge in [0.25, 0.3) is 0 Å². The number of carbonyl (C=O) groups is 9. The molecule has 21 nitrogen and oxygen atoms in total. The lowest BCUT2D eigenvalue weighted by molar-refractivity contribution is -0.147. The van der Waals surface area contributed by atoms with Gasteiger partial charge in [0.15, 0.2) is 0 Å². The summed E-state index contributed by atoms with van der Waals surface area (Å²) in [5.41, 5.74) is -0.220. The maximum absolute atomic E-state index is 14.3. The van der Waals surface area contributed by atoms with E-state index in [9.17, 15) is 43.2 Å². The molecule has 21 heteroatoms. The number of amides is 8. The molecule has 0 unspecified atom stereocenters. The summed E-state index contributed by atoms with van der Waals surface area (Å²) in [4.78, 5) is 127. The van der Waals surface area contributed by atoms with Crippen LogP contribution < -0.4 is 37.2 Å². The number of esters is 1. The van der Waals surface area contributed by atoms with E-state index < -0.39 is 126 Å². The van der Waals surface area contributed by atoms with Crippen LogP contribution in [0.2, 0.25) is 0 Å². The Kier molecular flexibility index (Phi) is 22.2. The Bertz CT molecular complexity index is 1890. The van der Waals surface area contributed by atoms with Crippen LogP contribution in [-0.4, -0.2) is 136 Å². The molecule has 2 rings (SSSR count). The summed E-state index contributed by atoms with van der Waals surface area (Å²) in [5.74, 6) is -6.62. The number of aryl methyl sites for hydroxylation is 1. The van der Waals surface area contributed by atoms with Crippen molar-refractivity contribution in [2.75, 3.05) is 20.2 Å². The smallest absolute Gasteiger partial charge is 0.408 e. The Morgan fingerprint density at radius 2 is 1.22 bits per heavy atom. The minimum atomic E-state index is -1.21. The second kappa shape index (κ2) is 26.0. The Morgan fingerprint density at radius 3 is 1.73 bits per heavy atom. The molecule has 1 aliphatic rings. The molecule has 2 heterocycles. The number of nitrogens with one attached hydrogen (secondary N) is 7. The van der Waals surface area contributed by atoms with Gasteiger partial charge in [-0.25, -0.2) is 14.6 Å². The summed E-state index contributed by atoms with van der Waals surface area (Å²) >= 11 is 0. The van der Waals surface area contributed by atoms with Crippen LogP contribution >= 0.6 is 0 Å². The first kappa shape index (κ1) is 57.4. The van der Waals surface area contributed by atoms with E-state index >= 15 is 0 Å². The number of carbonyl (C=O) groups excluding carboxylic acids is 9. The van der Waals surface area contributed by atoms with Gasteiger partial charge in [-0.05, 0) is 69.6 Å². The Morgan fingerprint density at radius 1 is 0.701 bits per heavy atom. The topological polar surface area (TPSA) is 277 Å². The molecule has 0 aromatic carbocycles. The van der Waals surface area contributed by atoms with Crippen molar-refractivity contribution in [2.45, 2.75) is 164 Å². The highest BCUT2D eigenvalue weighted by molar-refractivity contribution is 5.97. The van der Waals surface area contributed by atoms with Gasteiger partial charge in [0, 0.05) is 31.9 Å². The minimum Gasteiger partial charge on any atom is -0.467 e. The number of methoxy groups -OCH3 is 1. The normalized spacial score (nSPS) is 16.7. The third-order valence-corrected chi connectivity index (χ3v) is 11.1. The van der Waals surface area contributed by atoms with Crippen molar-refractivity contribution in [3.63, 3.8) is 0 Å². The molecule has 0 radical (unpaired) electrons. The van der Waals surface area contributed by atoms with Crippen molar-refractivity contribution in [3.8, 4) is 0 Å². The van der Waals surface area contributed by atoms with Crippen LogP contribution in [0, 0.1) is 29.6 Å². The van der Waals surface area contributed by atoms with Gasteiger partial charge in [0.05, 0.1) is 20.0 Å². The second-order valence-electron chi connectivity index (χ2n) is 20.0. The average molecular weight is 947 g/mol. The van der Waals surface area contributed by atoms with E-state index in [1.165, 1.54) is 12.0 Å². The lowest BCUT2D eigenvalue weighted by Gasteiger charge is -2.32. The summed E-state index contributed by atoms with van der Waals surface area (Å²) in [6.07, 6.45) is 3.22. The van der Waals surface area contributed by atoms with E-state index in [-0.39, 0.29) is 37.6 Å². The predicted octanol–water partition coefficient (Wildman–Crippen LogP) is 1.23. The van der Waals surface area contributed by atoms with Gasteiger partial charge in [-0.15, -0.1) is 0 Å². The van der Waals surface area contributed by atoms with E-state index in [0.717, 1.165) is 0 Å². The fraction of sp³-hybridized carbons (Fsp3) is 0.739. The van der Waals surface area contributed by atoms with Gasteiger partial charge in [0.2, 0.25) is 41.4 Å². The first-order chi connectivity index (χ1) is 31.1. The molecule has 1 aromatic rings. The fourth-order valence-corrected chi connectivity index (χ4v) is 7.37. The van der Waals surface area contributed by atoms with Crippen LogP contribution in [0.25, 0.3) is 0 Å². The third-order valence-electron chi connectivity index (χ3n) is 11.1. The number of hydrogen-bond donors (Lipinski definition) is 7. The maximum Gasteiger partial charge on any atom is 0.408 e. The largest absolute Gasteiger partial charge is 0.467 e. The summed E-state index contributed by atoms with van der Waals surface area (Å²) in [6, 6.07) is -7.46. The Labute approximate surface area is 395 Å². The van der Waals surface area contributed by atoms with Crippen molar-refractivity contribution in [3.05, 3.63) is 18.2 Å². The number of likely N-dealkylation sites (tertiary alicyclic amines) is 1. The van der Waals surface area contributed by atoms with Gasteiger partial charge in [-0.1, -0.05) is 69.2 Å². The van der Waals surface area contributed by atoms with E-state index in [4.69, 9.17) is 9.47 Å². The SMILES string of the molecule is COC(=O)[C@@H](NC(=O)[C@@H](NC(=O)[C@H](CC(C)C)NC(=O)CNC(=O)[C@H]1CCCN1C(=O)[C@@H](NC(=O)[C@H](Cc1cncn1C)NC(=O)[C@@H](NC(=O)OC(C)(C)C)C(C)C)C(C)C)C(C)C)C(C)C. The van der Waals surface area contributed by atoms with E-state index in [1.807, 2.05) is 13.8 Å². The molecule has 0 saturated carbocycles. The highest BCUT2D eigenvalue weighted by atomic mass is 16.6. The van der Waals surface area contributed by atoms with Crippen LogP contribution in [0.15, 0.2) is 12.5 Å². The molecule has 1 fully saturated rings. The predicted molar refractivity (Wildman–Crippen MR) is 248 cm³/mol. The Balaban J connectivity index is 2.22. The molecular weight excluding hydrogens is 869 g/mol. The standard InChI is InChI=1S/C46H78N10O11/c1-24(2)19-30(38(58)51-34(25(3)4)42(62)53-37(28(9)10)44(64)66-15)49-33(57)22-48-40(60)32-17-16-18-56(32)43(63)36(27(7)8)52-39(59)31(20-29-21-47-23-55(29)14)50-41(61)35(26(5)6)54-45(65)67-46(11,12)13/h21,23-28,30-32,34-37H,16-20,22H2,1-15H3,(H,48,60)(H,49,57)(H,50,61)(H,51,58)(H,52,59)(H,53,62)(H,54,65)/t30-,31-,32+,34-,35-,36-,37-/m0/s1. The van der Waals surface area contributed by atoms with Crippen LogP contribution in [0.1, 0.15) is 115 Å². The van der Waals surface area contributed by atoms with Crippen molar-refractivity contribution < 1.29 is 52.6 Å². The maximum atomic E-state index is 14.3. The number of ether oxygens (including phenoxy) is 2. The number of aromatic nitrogens is 2. The molecule has 8 amide bonds. The molecule has 0 aliphatic carbocycles. The summed E-state index contributed by atoms with van der Waals surface area (Å²) in [7, 11) is 2.95. The zero-order valence-electron chi connectivity index (χ0n) is 42.2. The summed E-state index contributed by atoms with van der Waals surface area (Å²) < 4.78 is 11.9.